The van der Waals surface area contributed by atoms with Crippen LogP contribution < -0.4 is 10.1 Å². The SMILES string of the molecule is CC(O)CN(Cc1cccc(C(=O)Nc2ccc(OCC(O)CN3CCCCC3)cc2C(=O)O)c1)CC(C)O. The third kappa shape index (κ3) is 10.2. The minimum absolute atomic E-state index is 0.0369. The van der Waals surface area contributed by atoms with E-state index in [0.29, 0.717) is 37.5 Å². The van der Waals surface area contributed by atoms with E-state index in [2.05, 4.69) is 10.2 Å². The number of anilines is 1. The van der Waals surface area contributed by atoms with Gasteiger partial charge in [0.15, 0.2) is 0 Å². The smallest absolute Gasteiger partial charge is 0.337 e. The van der Waals surface area contributed by atoms with Crippen LogP contribution in [0.4, 0.5) is 5.69 Å². The van der Waals surface area contributed by atoms with E-state index >= 15 is 0 Å². The lowest BCUT2D eigenvalue weighted by Crippen LogP contribution is -2.38. The molecule has 2 aromatic rings. The standard InChI is InChI=1S/C29H41N3O7/c1-20(33)15-32(16-21(2)34)17-22-7-6-8-23(13-22)28(36)30-27-10-9-25(14-26(27)29(37)38)39-19-24(35)18-31-11-4-3-5-12-31/h6-10,13-14,20-21,24,33-35H,3-5,11-12,15-19H2,1-2H3,(H,30,36)(H,37,38). The molecule has 10 heteroatoms. The predicted molar refractivity (Wildman–Crippen MR) is 148 cm³/mol. The van der Waals surface area contributed by atoms with Crippen LogP contribution >= 0.6 is 0 Å². The molecule has 1 aliphatic heterocycles. The summed E-state index contributed by atoms with van der Waals surface area (Å²) in [5, 5.41) is 42.3. The number of benzene rings is 2. The Labute approximate surface area is 229 Å². The maximum Gasteiger partial charge on any atom is 0.337 e. The first-order valence-electron chi connectivity index (χ1n) is 13.5. The summed E-state index contributed by atoms with van der Waals surface area (Å²) in [4.78, 5) is 29.0. The lowest BCUT2D eigenvalue weighted by atomic mass is 10.1. The lowest BCUT2D eigenvalue weighted by Gasteiger charge is -2.28. The van der Waals surface area contributed by atoms with Gasteiger partial charge in [-0.3, -0.25) is 9.69 Å². The number of piperidine rings is 1. The Balaban J connectivity index is 1.64. The zero-order valence-corrected chi connectivity index (χ0v) is 22.8. The number of β-amino-alcohol motifs (C(OH)–C–C–N with tert-alkyl or cyclic N) is 1. The summed E-state index contributed by atoms with van der Waals surface area (Å²) in [6, 6.07) is 11.3. The van der Waals surface area contributed by atoms with Crippen molar-refractivity contribution < 1.29 is 34.8 Å². The number of carboxylic acids is 1. The van der Waals surface area contributed by atoms with Gasteiger partial charge in [-0.05, 0) is 75.7 Å². The molecule has 0 aliphatic carbocycles. The van der Waals surface area contributed by atoms with Gasteiger partial charge in [0.2, 0.25) is 0 Å². The summed E-state index contributed by atoms with van der Waals surface area (Å²) >= 11 is 0. The molecular formula is C29H41N3O7. The van der Waals surface area contributed by atoms with E-state index in [1.54, 1.807) is 38.1 Å². The van der Waals surface area contributed by atoms with E-state index in [1.807, 2.05) is 11.0 Å². The molecule has 3 unspecified atom stereocenters. The molecule has 0 bridgehead atoms. The minimum atomic E-state index is -1.22. The van der Waals surface area contributed by atoms with Crippen molar-refractivity contribution in [2.45, 2.75) is 58.0 Å². The van der Waals surface area contributed by atoms with Crippen molar-refractivity contribution in [3.05, 3.63) is 59.2 Å². The van der Waals surface area contributed by atoms with Crippen molar-refractivity contribution in [2.75, 3.05) is 44.6 Å². The molecule has 0 saturated carbocycles. The van der Waals surface area contributed by atoms with Gasteiger partial charge in [-0.2, -0.15) is 0 Å². The van der Waals surface area contributed by atoms with Gasteiger partial charge in [0, 0.05) is 31.7 Å². The highest BCUT2D eigenvalue weighted by Crippen LogP contribution is 2.24. The number of amides is 1. The van der Waals surface area contributed by atoms with E-state index in [4.69, 9.17) is 4.74 Å². The molecular weight excluding hydrogens is 502 g/mol. The Morgan fingerprint density at radius 1 is 1.00 bits per heavy atom. The first kappa shape index (κ1) is 30.5. The number of likely N-dealkylation sites (tertiary alicyclic amines) is 1. The Morgan fingerprint density at radius 3 is 2.33 bits per heavy atom. The third-order valence-electron chi connectivity index (χ3n) is 6.47. The average molecular weight is 544 g/mol. The highest BCUT2D eigenvalue weighted by Gasteiger charge is 2.18. The maximum absolute atomic E-state index is 13.0. The molecule has 0 spiro atoms. The van der Waals surface area contributed by atoms with Crippen LogP contribution in [0.25, 0.3) is 0 Å². The Morgan fingerprint density at radius 2 is 1.69 bits per heavy atom. The number of nitrogens with one attached hydrogen (secondary N) is 1. The predicted octanol–water partition coefficient (Wildman–Crippen LogP) is 2.43. The van der Waals surface area contributed by atoms with Crippen LogP contribution in [0, 0.1) is 0 Å². The fourth-order valence-corrected chi connectivity index (χ4v) is 4.80. The van der Waals surface area contributed by atoms with E-state index in [-0.39, 0.29) is 17.9 Å². The Kier molecular flexibility index (Phi) is 11.7. The highest BCUT2D eigenvalue weighted by molar-refractivity contribution is 6.08. The van der Waals surface area contributed by atoms with E-state index < -0.39 is 30.2 Å². The third-order valence-corrected chi connectivity index (χ3v) is 6.47. The number of carbonyl (C=O) groups excluding carboxylic acids is 1. The fourth-order valence-electron chi connectivity index (χ4n) is 4.80. The van der Waals surface area contributed by atoms with Crippen molar-refractivity contribution in [1.29, 1.82) is 0 Å². The molecule has 0 aromatic heterocycles. The fraction of sp³-hybridized carbons (Fsp3) is 0.517. The zero-order valence-electron chi connectivity index (χ0n) is 22.8. The molecule has 1 heterocycles. The molecule has 1 aliphatic rings. The largest absolute Gasteiger partial charge is 0.491 e. The van der Waals surface area contributed by atoms with Gasteiger partial charge in [0.1, 0.15) is 18.5 Å². The first-order valence-corrected chi connectivity index (χ1v) is 13.5. The van der Waals surface area contributed by atoms with Crippen LogP contribution in [0.2, 0.25) is 0 Å². The number of aliphatic hydroxyl groups excluding tert-OH is 3. The summed E-state index contributed by atoms with van der Waals surface area (Å²) in [7, 11) is 0. The number of carboxylic acid groups (broad SMARTS) is 1. The molecule has 2 aromatic carbocycles. The Hall–Kier alpha value is -3.02. The summed E-state index contributed by atoms with van der Waals surface area (Å²) < 4.78 is 5.66. The second kappa shape index (κ2) is 14.9. The van der Waals surface area contributed by atoms with Crippen molar-refractivity contribution in [2.24, 2.45) is 0 Å². The molecule has 1 amide bonds. The lowest BCUT2D eigenvalue weighted by molar-refractivity contribution is 0.0615. The number of carbonyl (C=O) groups is 2. The van der Waals surface area contributed by atoms with Gasteiger partial charge >= 0.3 is 5.97 Å². The molecule has 1 saturated heterocycles. The van der Waals surface area contributed by atoms with Crippen LogP contribution in [0.5, 0.6) is 5.75 Å². The van der Waals surface area contributed by atoms with Gasteiger partial charge in [-0.1, -0.05) is 18.6 Å². The summed E-state index contributed by atoms with van der Waals surface area (Å²) in [6.45, 7) is 6.97. The van der Waals surface area contributed by atoms with Crippen molar-refractivity contribution in [1.82, 2.24) is 9.80 Å². The average Bonchev–Trinajstić information content (AvgIpc) is 2.88. The van der Waals surface area contributed by atoms with Crippen LogP contribution in [-0.4, -0.2) is 99.7 Å². The van der Waals surface area contributed by atoms with Gasteiger partial charge < -0.3 is 35.4 Å². The van der Waals surface area contributed by atoms with Gasteiger partial charge in [0.05, 0.1) is 23.5 Å². The maximum atomic E-state index is 13.0. The van der Waals surface area contributed by atoms with E-state index in [1.165, 1.54) is 18.6 Å². The Bertz CT molecular complexity index is 1080. The van der Waals surface area contributed by atoms with E-state index in [9.17, 15) is 30.0 Å². The second-order valence-corrected chi connectivity index (χ2v) is 10.4. The molecule has 0 radical (unpaired) electrons. The van der Waals surface area contributed by atoms with Gasteiger partial charge in [0.25, 0.3) is 5.91 Å². The monoisotopic (exact) mass is 543 g/mol. The van der Waals surface area contributed by atoms with Gasteiger partial charge in [-0.15, -0.1) is 0 Å². The summed E-state index contributed by atoms with van der Waals surface area (Å²) in [5.74, 6) is -1.39. The van der Waals surface area contributed by atoms with Gasteiger partial charge in [-0.25, -0.2) is 4.79 Å². The number of hydrogen-bond acceptors (Lipinski definition) is 8. The molecule has 1 fully saturated rings. The summed E-state index contributed by atoms with van der Waals surface area (Å²) in [6.07, 6.45) is 1.61. The quantitative estimate of drug-likeness (QED) is 0.243. The number of nitrogens with zero attached hydrogens (tertiary/aromatic N) is 2. The van der Waals surface area contributed by atoms with Crippen LogP contribution in [0.15, 0.2) is 42.5 Å². The molecule has 5 N–H and O–H groups in total. The topological polar surface area (TPSA) is 143 Å². The van der Waals surface area contributed by atoms with Crippen LogP contribution in [0.1, 0.15) is 59.4 Å². The van der Waals surface area contributed by atoms with Crippen molar-refractivity contribution >= 4 is 17.6 Å². The second-order valence-electron chi connectivity index (χ2n) is 10.4. The minimum Gasteiger partial charge on any atom is -0.491 e. The number of aliphatic hydroxyl groups is 3. The van der Waals surface area contributed by atoms with E-state index in [0.717, 1.165) is 31.5 Å². The van der Waals surface area contributed by atoms with Crippen molar-refractivity contribution in [3.63, 3.8) is 0 Å². The molecule has 214 valence electrons. The zero-order chi connectivity index (χ0) is 28.4. The number of ether oxygens (including phenoxy) is 1. The van der Waals surface area contributed by atoms with Crippen LogP contribution in [0.3, 0.4) is 0 Å². The number of hydrogen-bond donors (Lipinski definition) is 5. The summed E-state index contributed by atoms with van der Waals surface area (Å²) in [5.41, 5.74) is 1.17. The normalized spacial score (nSPS) is 16.5. The highest BCUT2D eigenvalue weighted by atomic mass is 16.5. The molecule has 3 atom stereocenters. The first-order chi connectivity index (χ1) is 18.6. The molecule has 10 nitrogen and oxygen atoms in total. The van der Waals surface area contributed by atoms with Crippen LogP contribution in [-0.2, 0) is 6.54 Å². The van der Waals surface area contributed by atoms with Crippen molar-refractivity contribution in [3.8, 4) is 5.75 Å². The number of aromatic carboxylic acids is 1. The molecule has 3 rings (SSSR count). The number of rotatable bonds is 14. The molecule has 39 heavy (non-hydrogen) atoms.